The maximum atomic E-state index is 11.8. The molecule has 82 valence electrons. The SMILES string of the molecule is C/C=C1/C(=O)N(CCO)C(=O)C1=C(C)C. The fourth-order valence-corrected chi connectivity index (χ4v) is 1.65. The number of hydrogen-bond acceptors (Lipinski definition) is 3. The lowest BCUT2D eigenvalue weighted by molar-refractivity contribution is -0.137. The number of aliphatic hydroxyl groups excluding tert-OH is 1. The molecule has 0 atom stereocenters. The molecule has 1 saturated heterocycles. The first-order valence-corrected chi connectivity index (χ1v) is 4.85. The van der Waals surface area contributed by atoms with Crippen molar-refractivity contribution in [2.75, 3.05) is 13.2 Å². The van der Waals surface area contributed by atoms with Gasteiger partial charge in [-0.2, -0.15) is 0 Å². The van der Waals surface area contributed by atoms with Crippen molar-refractivity contribution in [2.24, 2.45) is 0 Å². The highest BCUT2D eigenvalue weighted by Crippen LogP contribution is 2.27. The van der Waals surface area contributed by atoms with Crippen LogP contribution in [0.15, 0.2) is 22.8 Å². The molecule has 0 spiro atoms. The molecule has 1 heterocycles. The molecule has 4 heteroatoms. The van der Waals surface area contributed by atoms with Crippen molar-refractivity contribution in [3.63, 3.8) is 0 Å². The van der Waals surface area contributed by atoms with Crippen molar-refractivity contribution in [3.05, 3.63) is 22.8 Å². The molecule has 0 saturated carbocycles. The summed E-state index contributed by atoms with van der Waals surface area (Å²) in [6, 6.07) is 0. The molecule has 0 aromatic heterocycles. The number of amides is 2. The minimum absolute atomic E-state index is 0.0613. The number of carbonyl (C=O) groups is 2. The molecular formula is C11H15NO3. The number of hydrogen-bond donors (Lipinski definition) is 1. The third kappa shape index (κ3) is 1.85. The molecule has 4 nitrogen and oxygen atoms in total. The summed E-state index contributed by atoms with van der Waals surface area (Å²) in [5.41, 5.74) is 1.73. The fraction of sp³-hybridized carbons (Fsp3) is 0.455. The van der Waals surface area contributed by atoms with Crippen molar-refractivity contribution in [1.82, 2.24) is 4.90 Å². The van der Waals surface area contributed by atoms with Gasteiger partial charge in [0, 0.05) is 5.57 Å². The van der Waals surface area contributed by atoms with E-state index >= 15 is 0 Å². The maximum absolute atomic E-state index is 11.8. The highest BCUT2D eigenvalue weighted by atomic mass is 16.3. The molecule has 1 N–H and O–H groups in total. The number of imide groups is 1. The van der Waals surface area contributed by atoms with Gasteiger partial charge in [0.25, 0.3) is 11.8 Å². The molecule has 15 heavy (non-hydrogen) atoms. The largest absolute Gasteiger partial charge is 0.395 e. The Hall–Kier alpha value is -1.42. The number of carbonyl (C=O) groups excluding carboxylic acids is 2. The van der Waals surface area contributed by atoms with Crippen LogP contribution in [-0.4, -0.2) is 35.0 Å². The molecule has 0 aromatic carbocycles. The Morgan fingerprint density at radius 3 is 2.27 bits per heavy atom. The first-order chi connectivity index (χ1) is 7.04. The first kappa shape index (κ1) is 11.7. The van der Waals surface area contributed by atoms with E-state index in [9.17, 15) is 9.59 Å². The Balaban J connectivity index is 3.20. The van der Waals surface area contributed by atoms with E-state index in [1.165, 1.54) is 0 Å². The summed E-state index contributed by atoms with van der Waals surface area (Å²) < 4.78 is 0. The van der Waals surface area contributed by atoms with E-state index in [4.69, 9.17) is 5.11 Å². The number of rotatable bonds is 2. The van der Waals surface area contributed by atoms with Gasteiger partial charge in [-0.1, -0.05) is 11.6 Å². The zero-order valence-corrected chi connectivity index (χ0v) is 9.20. The summed E-state index contributed by atoms with van der Waals surface area (Å²) in [6.07, 6.45) is 1.64. The second kappa shape index (κ2) is 4.40. The third-order valence-electron chi connectivity index (χ3n) is 2.32. The predicted molar refractivity (Wildman–Crippen MR) is 55.9 cm³/mol. The first-order valence-electron chi connectivity index (χ1n) is 4.85. The summed E-state index contributed by atoms with van der Waals surface area (Å²) in [4.78, 5) is 24.6. The maximum Gasteiger partial charge on any atom is 0.261 e. The number of aliphatic hydroxyl groups is 1. The average Bonchev–Trinajstić information content (AvgIpc) is 2.41. The van der Waals surface area contributed by atoms with Crippen molar-refractivity contribution < 1.29 is 14.7 Å². The van der Waals surface area contributed by atoms with Gasteiger partial charge < -0.3 is 5.11 Å². The molecule has 0 aliphatic carbocycles. The Bertz CT molecular complexity index is 362. The van der Waals surface area contributed by atoms with Crippen LogP contribution < -0.4 is 0 Å². The van der Waals surface area contributed by atoms with Crippen LogP contribution in [0.25, 0.3) is 0 Å². The van der Waals surface area contributed by atoms with Crippen LogP contribution in [-0.2, 0) is 9.59 Å². The normalized spacial score (nSPS) is 19.3. The van der Waals surface area contributed by atoms with Gasteiger partial charge >= 0.3 is 0 Å². The number of likely N-dealkylation sites (tertiary alicyclic amines) is 1. The lowest BCUT2D eigenvalue weighted by Crippen LogP contribution is -2.32. The van der Waals surface area contributed by atoms with Gasteiger partial charge in [-0.15, -0.1) is 0 Å². The number of nitrogens with zero attached hydrogens (tertiary/aromatic N) is 1. The van der Waals surface area contributed by atoms with E-state index in [0.29, 0.717) is 11.1 Å². The van der Waals surface area contributed by atoms with E-state index in [1.54, 1.807) is 26.8 Å². The number of allylic oxidation sites excluding steroid dienone is 2. The highest BCUT2D eigenvalue weighted by molar-refractivity contribution is 6.24. The van der Waals surface area contributed by atoms with Gasteiger partial charge in [0.05, 0.1) is 18.7 Å². The Morgan fingerprint density at radius 2 is 1.93 bits per heavy atom. The summed E-state index contributed by atoms with van der Waals surface area (Å²) in [5, 5.41) is 8.76. The monoisotopic (exact) mass is 209 g/mol. The second-order valence-electron chi connectivity index (χ2n) is 3.56. The van der Waals surface area contributed by atoms with Crippen LogP contribution in [0.1, 0.15) is 20.8 Å². The van der Waals surface area contributed by atoms with Gasteiger partial charge in [-0.05, 0) is 20.8 Å². The molecule has 0 bridgehead atoms. The zero-order valence-electron chi connectivity index (χ0n) is 9.20. The van der Waals surface area contributed by atoms with Gasteiger partial charge in [-0.3, -0.25) is 14.5 Å². The topological polar surface area (TPSA) is 57.6 Å². The Morgan fingerprint density at radius 1 is 1.33 bits per heavy atom. The van der Waals surface area contributed by atoms with Crippen LogP contribution in [0.5, 0.6) is 0 Å². The summed E-state index contributed by atoms with van der Waals surface area (Å²) >= 11 is 0. The molecule has 0 aromatic rings. The van der Waals surface area contributed by atoms with Crippen LogP contribution in [0.4, 0.5) is 0 Å². The molecule has 1 rings (SSSR count). The second-order valence-corrected chi connectivity index (χ2v) is 3.56. The minimum Gasteiger partial charge on any atom is -0.395 e. The molecule has 0 radical (unpaired) electrons. The minimum atomic E-state index is -0.312. The summed E-state index contributed by atoms with van der Waals surface area (Å²) in [7, 11) is 0. The van der Waals surface area contributed by atoms with Gasteiger partial charge in [0.2, 0.25) is 0 Å². The molecule has 1 fully saturated rings. The van der Waals surface area contributed by atoms with Crippen molar-refractivity contribution in [2.45, 2.75) is 20.8 Å². The van der Waals surface area contributed by atoms with E-state index in [1.807, 2.05) is 0 Å². The molecule has 2 amide bonds. The average molecular weight is 209 g/mol. The van der Waals surface area contributed by atoms with Crippen LogP contribution in [0.3, 0.4) is 0 Å². The molecular weight excluding hydrogens is 194 g/mol. The van der Waals surface area contributed by atoms with Crippen molar-refractivity contribution >= 4 is 11.8 Å². The summed E-state index contributed by atoms with van der Waals surface area (Å²) in [5.74, 6) is -0.616. The van der Waals surface area contributed by atoms with Crippen molar-refractivity contribution in [3.8, 4) is 0 Å². The molecule has 1 aliphatic heterocycles. The smallest absolute Gasteiger partial charge is 0.261 e. The molecule has 0 unspecified atom stereocenters. The van der Waals surface area contributed by atoms with Crippen LogP contribution in [0, 0.1) is 0 Å². The predicted octanol–water partition coefficient (Wildman–Crippen LogP) is 0.630. The van der Waals surface area contributed by atoms with Crippen LogP contribution >= 0.6 is 0 Å². The quantitative estimate of drug-likeness (QED) is 0.536. The van der Waals surface area contributed by atoms with E-state index in [-0.39, 0.29) is 25.0 Å². The third-order valence-corrected chi connectivity index (χ3v) is 2.32. The number of β-amino-alcohol motifs (C(OH)–C–C–N with tert-alkyl or cyclic N) is 1. The molecule has 1 aliphatic rings. The van der Waals surface area contributed by atoms with E-state index in [2.05, 4.69) is 0 Å². The van der Waals surface area contributed by atoms with E-state index in [0.717, 1.165) is 10.5 Å². The van der Waals surface area contributed by atoms with Crippen molar-refractivity contribution in [1.29, 1.82) is 0 Å². The lowest BCUT2D eigenvalue weighted by Gasteiger charge is -2.10. The summed E-state index contributed by atoms with van der Waals surface area (Å²) in [6.45, 7) is 5.18. The Labute approximate surface area is 88.9 Å². The van der Waals surface area contributed by atoms with Gasteiger partial charge in [-0.25, -0.2) is 0 Å². The van der Waals surface area contributed by atoms with Gasteiger partial charge in [0.1, 0.15) is 0 Å². The standard InChI is InChI=1S/C11H15NO3/c1-4-8-9(7(2)3)11(15)12(5-6-13)10(8)14/h4,13H,5-6H2,1-3H3/b8-4+. The van der Waals surface area contributed by atoms with Gasteiger partial charge in [0.15, 0.2) is 0 Å². The lowest BCUT2D eigenvalue weighted by atomic mass is 10.0. The Kier molecular flexibility index (Phi) is 3.42. The van der Waals surface area contributed by atoms with E-state index < -0.39 is 0 Å². The zero-order chi connectivity index (χ0) is 11.6. The van der Waals surface area contributed by atoms with Crippen LogP contribution in [0.2, 0.25) is 0 Å². The highest BCUT2D eigenvalue weighted by Gasteiger charge is 2.38. The fourth-order valence-electron chi connectivity index (χ4n) is 1.65.